The number of benzene rings is 3. The van der Waals surface area contributed by atoms with Crippen LogP contribution < -0.4 is 15.0 Å². The average molecular weight is 544 g/mol. The Morgan fingerprint density at radius 3 is 2.58 bits per heavy atom. The number of aromatic nitrogens is 2. The van der Waals surface area contributed by atoms with Crippen molar-refractivity contribution in [3.63, 3.8) is 0 Å². The molecular weight excluding hydrogens is 519 g/mol. The van der Waals surface area contributed by atoms with E-state index in [4.69, 9.17) is 16.3 Å². The summed E-state index contributed by atoms with van der Waals surface area (Å²) in [6.45, 7) is 2.50. The van der Waals surface area contributed by atoms with E-state index in [-0.39, 0.29) is 54.1 Å². The van der Waals surface area contributed by atoms with Crippen molar-refractivity contribution in [2.75, 3.05) is 57.3 Å². The molecule has 0 spiro atoms. The predicted octanol–water partition coefficient (Wildman–Crippen LogP) is 4.69. The van der Waals surface area contributed by atoms with Gasteiger partial charge in [0, 0.05) is 43.7 Å². The lowest BCUT2D eigenvalue weighted by atomic mass is 9.96. The van der Waals surface area contributed by atoms with Crippen LogP contribution in [-0.2, 0) is 0 Å². The molecule has 198 valence electrons. The highest BCUT2D eigenvalue weighted by Gasteiger charge is 2.43. The van der Waals surface area contributed by atoms with Gasteiger partial charge in [0.15, 0.2) is 5.82 Å². The van der Waals surface area contributed by atoms with E-state index in [1.165, 1.54) is 6.07 Å². The molecule has 11 heteroatoms. The minimum Gasteiger partial charge on any atom is -0.508 e. The number of piperazine rings is 1. The number of nitrogens with zero attached hydrogens (tertiary/aromatic N) is 4. The second-order valence-electron chi connectivity index (χ2n) is 9.64. The van der Waals surface area contributed by atoms with Crippen molar-refractivity contribution in [3.8, 4) is 22.9 Å². The Kier molecular flexibility index (Phi) is 6.41. The number of fused-ring (bicyclic) bond motifs is 2. The van der Waals surface area contributed by atoms with Gasteiger partial charge in [-0.2, -0.15) is 9.97 Å². The van der Waals surface area contributed by atoms with Gasteiger partial charge in [0.25, 0.3) is 5.92 Å². The van der Waals surface area contributed by atoms with Crippen molar-refractivity contribution in [2.24, 2.45) is 0 Å². The topological polar surface area (TPSA) is 73.8 Å². The molecule has 0 amide bonds. The first-order valence-electron chi connectivity index (χ1n) is 12.4. The highest BCUT2D eigenvalue weighted by Crippen LogP contribution is 2.42. The number of rotatable bonds is 6. The predicted molar refractivity (Wildman–Crippen MR) is 141 cm³/mol. The van der Waals surface area contributed by atoms with Gasteiger partial charge in [-0.25, -0.2) is 13.2 Å². The van der Waals surface area contributed by atoms with Crippen LogP contribution in [0.5, 0.6) is 11.8 Å². The van der Waals surface area contributed by atoms with E-state index in [0.29, 0.717) is 29.9 Å². The number of alkyl halides is 2. The fourth-order valence-electron chi connectivity index (χ4n) is 5.12. The van der Waals surface area contributed by atoms with Gasteiger partial charge in [-0.15, -0.1) is 0 Å². The maximum Gasteiger partial charge on any atom is 0.319 e. The Labute approximate surface area is 221 Å². The maximum absolute atomic E-state index is 16.4. The number of hydrogen-bond donors (Lipinski definition) is 2. The van der Waals surface area contributed by atoms with Crippen molar-refractivity contribution in [3.05, 3.63) is 53.3 Å². The number of ether oxygens (including phenoxy) is 1. The van der Waals surface area contributed by atoms with Crippen LogP contribution in [0.2, 0.25) is 5.02 Å². The van der Waals surface area contributed by atoms with Crippen LogP contribution in [0.1, 0.15) is 0 Å². The van der Waals surface area contributed by atoms with Crippen molar-refractivity contribution in [2.45, 2.75) is 5.92 Å². The standard InChI is InChI=1S/C27H25ClF3N5O2/c28-21-13-20-24(23(29)22(21)19-12-17(37)11-16-3-1-2-4-18(16)19)33-26(34-25(20)36-7-5-32-6-8-36)38-10-9-35-14-27(30,31)15-35/h1-4,11-13,32,37H,5-10,14-15H2. The number of phenolic OH excluding ortho intramolecular Hbond substituents is 1. The van der Waals surface area contributed by atoms with Crippen LogP contribution in [0.3, 0.4) is 0 Å². The van der Waals surface area contributed by atoms with Crippen LogP contribution in [0, 0.1) is 5.82 Å². The van der Waals surface area contributed by atoms with Crippen LogP contribution in [0.4, 0.5) is 19.0 Å². The smallest absolute Gasteiger partial charge is 0.319 e. The molecule has 6 rings (SSSR count). The lowest BCUT2D eigenvalue weighted by molar-refractivity contribution is -0.132. The number of aromatic hydroxyl groups is 1. The van der Waals surface area contributed by atoms with Gasteiger partial charge in [-0.05, 0) is 34.5 Å². The highest BCUT2D eigenvalue weighted by atomic mass is 35.5. The molecule has 1 aromatic heterocycles. The lowest BCUT2D eigenvalue weighted by Crippen LogP contribution is -2.57. The molecule has 0 bridgehead atoms. The molecule has 2 aliphatic heterocycles. The van der Waals surface area contributed by atoms with E-state index >= 15 is 4.39 Å². The van der Waals surface area contributed by atoms with E-state index in [9.17, 15) is 13.9 Å². The molecule has 0 aliphatic carbocycles. The first-order valence-corrected chi connectivity index (χ1v) is 12.8. The number of nitrogens with one attached hydrogen (secondary N) is 1. The Morgan fingerprint density at radius 2 is 1.82 bits per heavy atom. The molecule has 3 heterocycles. The minimum absolute atomic E-state index is 0.0148. The van der Waals surface area contributed by atoms with Gasteiger partial charge >= 0.3 is 6.01 Å². The van der Waals surface area contributed by atoms with Crippen LogP contribution >= 0.6 is 11.6 Å². The molecule has 38 heavy (non-hydrogen) atoms. The van der Waals surface area contributed by atoms with E-state index in [0.717, 1.165) is 23.9 Å². The number of hydrogen-bond acceptors (Lipinski definition) is 7. The van der Waals surface area contributed by atoms with Crippen LogP contribution in [0.15, 0.2) is 42.5 Å². The summed E-state index contributed by atoms with van der Waals surface area (Å²) in [4.78, 5) is 12.6. The molecule has 7 nitrogen and oxygen atoms in total. The fourth-order valence-corrected chi connectivity index (χ4v) is 5.42. The molecule has 0 unspecified atom stereocenters. The largest absolute Gasteiger partial charge is 0.508 e. The van der Waals surface area contributed by atoms with Gasteiger partial charge < -0.3 is 20.1 Å². The number of phenols is 1. The van der Waals surface area contributed by atoms with Crippen molar-refractivity contribution >= 4 is 39.1 Å². The van der Waals surface area contributed by atoms with Crippen molar-refractivity contribution in [1.29, 1.82) is 0 Å². The fraction of sp³-hybridized carbons (Fsp3) is 0.333. The quantitative estimate of drug-likeness (QED) is 0.365. The molecule has 4 aromatic rings. The zero-order valence-electron chi connectivity index (χ0n) is 20.4. The third-order valence-corrected chi connectivity index (χ3v) is 7.22. The summed E-state index contributed by atoms with van der Waals surface area (Å²) >= 11 is 6.70. The third-order valence-electron chi connectivity index (χ3n) is 6.92. The van der Waals surface area contributed by atoms with E-state index < -0.39 is 11.7 Å². The zero-order chi connectivity index (χ0) is 26.4. The number of likely N-dealkylation sites (tertiary alicyclic amines) is 1. The van der Waals surface area contributed by atoms with Gasteiger partial charge in [0.05, 0.1) is 18.1 Å². The minimum atomic E-state index is -2.66. The molecule has 2 aliphatic rings. The number of anilines is 1. The Hall–Kier alpha value is -3.34. The Balaban J connectivity index is 1.45. The summed E-state index contributed by atoms with van der Waals surface area (Å²) in [5.41, 5.74) is 0.587. The van der Waals surface area contributed by atoms with E-state index in [2.05, 4.69) is 15.3 Å². The van der Waals surface area contributed by atoms with Crippen LogP contribution in [0.25, 0.3) is 32.8 Å². The summed E-state index contributed by atoms with van der Waals surface area (Å²) in [5.74, 6) is -2.84. The first kappa shape index (κ1) is 25.0. The van der Waals surface area contributed by atoms with Crippen LogP contribution in [-0.4, -0.2) is 78.3 Å². The van der Waals surface area contributed by atoms with Gasteiger partial charge in [0.1, 0.15) is 23.7 Å². The Bertz CT molecular complexity index is 1520. The monoisotopic (exact) mass is 543 g/mol. The second kappa shape index (κ2) is 9.76. The van der Waals surface area contributed by atoms with Crippen molar-refractivity contribution in [1.82, 2.24) is 20.2 Å². The lowest BCUT2D eigenvalue weighted by Gasteiger charge is -2.38. The van der Waals surface area contributed by atoms with Crippen molar-refractivity contribution < 1.29 is 23.0 Å². The highest BCUT2D eigenvalue weighted by molar-refractivity contribution is 6.35. The molecular formula is C27H25ClF3N5O2. The van der Waals surface area contributed by atoms with Gasteiger partial charge in [0.2, 0.25) is 0 Å². The van der Waals surface area contributed by atoms with Gasteiger partial charge in [-0.3, -0.25) is 4.90 Å². The molecule has 2 N–H and O–H groups in total. The first-order chi connectivity index (χ1) is 18.3. The number of halogens is 4. The summed E-state index contributed by atoms with van der Waals surface area (Å²) < 4.78 is 48.4. The maximum atomic E-state index is 16.4. The Morgan fingerprint density at radius 1 is 1.05 bits per heavy atom. The molecule has 3 aromatic carbocycles. The SMILES string of the molecule is Oc1cc(-c2c(Cl)cc3c(N4CCNCC4)nc(OCCN4CC(F)(F)C4)nc3c2F)c2ccccc2c1. The van der Waals surface area contributed by atoms with E-state index in [1.807, 2.05) is 29.2 Å². The summed E-state index contributed by atoms with van der Waals surface area (Å²) in [6, 6.07) is 12.0. The summed E-state index contributed by atoms with van der Waals surface area (Å²) in [7, 11) is 0. The molecule has 2 fully saturated rings. The average Bonchev–Trinajstić information content (AvgIpc) is 2.88. The normalized spacial score (nSPS) is 17.6. The summed E-state index contributed by atoms with van der Waals surface area (Å²) in [5, 5.41) is 15.7. The van der Waals surface area contributed by atoms with E-state index in [1.54, 1.807) is 17.0 Å². The second-order valence-corrected chi connectivity index (χ2v) is 10.0. The molecule has 0 radical (unpaired) electrons. The molecule has 0 atom stereocenters. The molecule has 0 saturated carbocycles. The van der Waals surface area contributed by atoms with Gasteiger partial charge in [-0.1, -0.05) is 35.9 Å². The zero-order valence-corrected chi connectivity index (χ0v) is 21.1. The third kappa shape index (κ3) is 4.68. The molecule has 2 saturated heterocycles. The summed E-state index contributed by atoms with van der Waals surface area (Å²) in [6.07, 6.45) is 0.